The van der Waals surface area contributed by atoms with Crippen molar-refractivity contribution in [2.45, 2.75) is 52.0 Å². The SMILES string of the molecule is CCOC(=O)C(CC)n1cnc2c1CCCC2. The summed E-state index contributed by atoms with van der Waals surface area (Å²) >= 11 is 0. The van der Waals surface area contributed by atoms with Crippen LogP contribution in [0.25, 0.3) is 0 Å². The Kier molecular flexibility index (Phi) is 3.82. The maximum absolute atomic E-state index is 11.9. The number of imidazole rings is 1. The van der Waals surface area contributed by atoms with Crippen molar-refractivity contribution in [2.75, 3.05) is 6.61 Å². The molecule has 1 aliphatic rings. The molecule has 0 saturated carbocycles. The lowest BCUT2D eigenvalue weighted by molar-refractivity contribution is -0.147. The average Bonchev–Trinajstić information content (AvgIpc) is 2.75. The predicted octanol–water partition coefficient (Wildman–Crippen LogP) is 2.28. The summed E-state index contributed by atoms with van der Waals surface area (Å²) in [6.45, 7) is 4.29. The van der Waals surface area contributed by atoms with Crippen molar-refractivity contribution in [3.05, 3.63) is 17.7 Å². The Morgan fingerprint density at radius 2 is 2.24 bits per heavy atom. The first-order chi connectivity index (χ1) is 8.27. The third-order valence-electron chi connectivity index (χ3n) is 3.34. The largest absolute Gasteiger partial charge is 0.464 e. The number of aryl methyl sites for hydroxylation is 1. The summed E-state index contributed by atoms with van der Waals surface area (Å²) in [5, 5.41) is 0. The van der Waals surface area contributed by atoms with Crippen molar-refractivity contribution < 1.29 is 9.53 Å². The third kappa shape index (κ3) is 2.35. The monoisotopic (exact) mass is 236 g/mol. The summed E-state index contributed by atoms with van der Waals surface area (Å²) in [6.07, 6.45) is 7.04. The number of aromatic nitrogens is 2. The van der Waals surface area contributed by atoms with Gasteiger partial charge in [0.05, 0.1) is 18.6 Å². The summed E-state index contributed by atoms with van der Waals surface area (Å²) in [5.74, 6) is -0.138. The van der Waals surface area contributed by atoms with Gasteiger partial charge in [0.15, 0.2) is 0 Å². The van der Waals surface area contributed by atoms with Crippen LogP contribution in [-0.2, 0) is 22.4 Å². The van der Waals surface area contributed by atoms with Crippen LogP contribution in [0.1, 0.15) is 50.5 Å². The number of esters is 1. The van der Waals surface area contributed by atoms with E-state index in [4.69, 9.17) is 4.74 Å². The van der Waals surface area contributed by atoms with Crippen LogP contribution in [0.4, 0.5) is 0 Å². The zero-order chi connectivity index (χ0) is 12.3. The number of carbonyl (C=O) groups is 1. The first-order valence-electron chi connectivity index (χ1n) is 6.49. The molecule has 94 valence electrons. The van der Waals surface area contributed by atoms with Crippen molar-refractivity contribution in [2.24, 2.45) is 0 Å². The van der Waals surface area contributed by atoms with E-state index in [1.165, 1.54) is 24.2 Å². The van der Waals surface area contributed by atoms with E-state index in [9.17, 15) is 4.79 Å². The quantitative estimate of drug-likeness (QED) is 0.753. The molecule has 17 heavy (non-hydrogen) atoms. The number of hydrogen-bond acceptors (Lipinski definition) is 3. The second kappa shape index (κ2) is 5.34. The molecule has 4 heteroatoms. The van der Waals surface area contributed by atoms with Crippen LogP contribution in [0, 0.1) is 0 Å². The van der Waals surface area contributed by atoms with Gasteiger partial charge in [-0.25, -0.2) is 9.78 Å². The maximum atomic E-state index is 11.9. The second-order valence-corrected chi connectivity index (χ2v) is 4.43. The van der Waals surface area contributed by atoms with Gasteiger partial charge in [0.25, 0.3) is 0 Å². The molecule has 0 bridgehead atoms. The van der Waals surface area contributed by atoms with E-state index in [1.54, 1.807) is 6.33 Å². The van der Waals surface area contributed by atoms with Crippen molar-refractivity contribution in [1.29, 1.82) is 0 Å². The minimum Gasteiger partial charge on any atom is -0.464 e. The van der Waals surface area contributed by atoms with Crippen molar-refractivity contribution >= 4 is 5.97 Å². The Hall–Kier alpha value is -1.32. The van der Waals surface area contributed by atoms with Gasteiger partial charge in [0, 0.05) is 5.69 Å². The van der Waals surface area contributed by atoms with Gasteiger partial charge in [-0.1, -0.05) is 6.92 Å². The number of rotatable bonds is 4. The van der Waals surface area contributed by atoms with Crippen LogP contribution in [0.5, 0.6) is 0 Å². The van der Waals surface area contributed by atoms with E-state index in [-0.39, 0.29) is 12.0 Å². The van der Waals surface area contributed by atoms with Crippen molar-refractivity contribution in [3.8, 4) is 0 Å². The van der Waals surface area contributed by atoms with Crippen LogP contribution in [0.2, 0.25) is 0 Å². The molecule has 1 atom stereocenters. The van der Waals surface area contributed by atoms with Gasteiger partial charge in [-0.15, -0.1) is 0 Å². The molecule has 2 rings (SSSR count). The van der Waals surface area contributed by atoms with Crippen LogP contribution in [-0.4, -0.2) is 22.1 Å². The van der Waals surface area contributed by atoms with Crippen molar-refractivity contribution in [3.63, 3.8) is 0 Å². The lowest BCUT2D eigenvalue weighted by Crippen LogP contribution is -2.23. The van der Waals surface area contributed by atoms with E-state index >= 15 is 0 Å². The number of carbonyl (C=O) groups excluding carboxylic acids is 1. The molecule has 0 aromatic carbocycles. The highest BCUT2D eigenvalue weighted by Crippen LogP contribution is 2.25. The fourth-order valence-corrected chi connectivity index (χ4v) is 2.48. The summed E-state index contributed by atoms with van der Waals surface area (Å²) in [4.78, 5) is 16.3. The molecule has 0 fully saturated rings. The molecular weight excluding hydrogens is 216 g/mol. The number of fused-ring (bicyclic) bond motifs is 1. The summed E-state index contributed by atoms with van der Waals surface area (Å²) < 4.78 is 7.14. The van der Waals surface area contributed by atoms with Gasteiger partial charge < -0.3 is 9.30 Å². The zero-order valence-electron chi connectivity index (χ0n) is 10.6. The molecular formula is C13H20N2O2. The first-order valence-corrected chi connectivity index (χ1v) is 6.49. The highest BCUT2D eigenvalue weighted by Gasteiger charge is 2.25. The number of nitrogens with zero attached hydrogens (tertiary/aromatic N) is 2. The molecule has 4 nitrogen and oxygen atoms in total. The molecule has 0 radical (unpaired) electrons. The second-order valence-electron chi connectivity index (χ2n) is 4.43. The summed E-state index contributed by atoms with van der Waals surface area (Å²) in [6, 6.07) is -0.204. The molecule has 0 spiro atoms. The van der Waals surface area contributed by atoms with Gasteiger partial charge in [-0.3, -0.25) is 0 Å². The molecule has 0 aliphatic heterocycles. The first kappa shape index (κ1) is 12.1. The van der Waals surface area contributed by atoms with Gasteiger partial charge in [-0.05, 0) is 39.0 Å². The Bertz CT molecular complexity index is 398. The van der Waals surface area contributed by atoms with E-state index < -0.39 is 0 Å². The Morgan fingerprint density at radius 1 is 1.47 bits per heavy atom. The molecule has 1 heterocycles. The Morgan fingerprint density at radius 3 is 2.94 bits per heavy atom. The smallest absolute Gasteiger partial charge is 0.329 e. The molecule has 1 aromatic heterocycles. The van der Waals surface area contributed by atoms with Crippen LogP contribution in [0.3, 0.4) is 0 Å². The third-order valence-corrected chi connectivity index (χ3v) is 3.34. The zero-order valence-corrected chi connectivity index (χ0v) is 10.6. The van der Waals surface area contributed by atoms with Crippen LogP contribution < -0.4 is 0 Å². The minimum atomic E-state index is -0.204. The molecule has 1 aromatic rings. The molecule has 0 saturated heterocycles. The fraction of sp³-hybridized carbons (Fsp3) is 0.692. The topological polar surface area (TPSA) is 44.1 Å². The number of ether oxygens (including phenoxy) is 1. The van der Waals surface area contributed by atoms with E-state index in [0.29, 0.717) is 6.61 Å². The van der Waals surface area contributed by atoms with Crippen molar-refractivity contribution in [1.82, 2.24) is 9.55 Å². The average molecular weight is 236 g/mol. The van der Waals surface area contributed by atoms with Gasteiger partial charge in [-0.2, -0.15) is 0 Å². The van der Waals surface area contributed by atoms with Crippen LogP contribution >= 0.6 is 0 Å². The van der Waals surface area contributed by atoms with Gasteiger partial charge >= 0.3 is 5.97 Å². The fourth-order valence-electron chi connectivity index (χ4n) is 2.48. The standard InChI is InChI=1S/C13H20N2O2/c1-3-11(13(16)17-4-2)15-9-14-10-7-5-6-8-12(10)15/h9,11H,3-8H2,1-2H3. The van der Waals surface area contributed by atoms with Gasteiger partial charge in [0.2, 0.25) is 0 Å². The number of hydrogen-bond donors (Lipinski definition) is 0. The Labute approximate surface area is 102 Å². The maximum Gasteiger partial charge on any atom is 0.329 e. The summed E-state index contributed by atoms with van der Waals surface area (Å²) in [7, 11) is 0. The van der Waals surface area contributed by atoms with Gasteiger partial charge in [0.1, 0.15) is 6.04 Å². The van der Waals surface area contributed by atoms with E-state index in [2.05, 4.69) is 4.98 Å². The minimum absolute atomic E-state index is 0.138. The van der Waals surface area contributed by atoms with E-state index in [0.717, 1.165) is 19.3 Å². The normalized spacial score (nSPS) is 16.4. The molecule has 0 N–H and O–H groups in total. The lowest BCUT2D eigenvalue weighted by Gasteiger charge is -2.20. The molecule has 1 aliphatic carbocycles. The highest BCUT2D eigenvalue weighted by atomic mass is 16.5. The van der Waals surface area contributed by atoms with Crippen LogP contribution in [0.15, 0.2) is 6.33 Å². The Balaban J connectivity index is 2.24. The predicted molar refractivity (Wildman–Crippen MR) is 64.8 cm³/mol. The highest BCUT2D eigenvalue weighted by molar-refractivity contribution is 5.74. The lowest BCUT2D eigenvalue weighted by atomic mass is 10.0. The summed E-state index contributed by atoms with van der Waals surface area (Å²) in [5.41, 5.74) is 2.40. The van der Waals surface area contributed by atoms with E-state index in [1.807, 2.05) is 18.4 Å². The molecule has 0 amide bonds. The molecule has 1 unspecified atom stereocenters.